The first kappa shape index (κ1) is 8.14. The van der Waals surface area contributed by atoms with Gasteiger partial charge in [-0.25, -0.2) is 4.57 Å². The van der Waals surface area contributed by atoms with Gasteiger partial charge in [0.15, 0.2) is 5.69 Å². The van der Waals surface area contributed by atoms with Crippen LogP contribution < -0.4 is 10.6 Å². The van der Waals surface area contributed by atoms with Crippen LogP contribution in [-0.2, 0) is 9.24 Å². The average molecular weight is 172 g/mol. The molecule has 0 bridgehead atoms. The fraction of sp³-hybridized carbons (Fsp3) is 0. The lowest BCUT2D eigenvalue weighted by Gasteiger charge is -1.97. The molecule has 0 aliphatic heterocycles. The summed E-state index contributed by atoms with van der Waals surface area (Å²) in [7, 11) is -0.508. The highest BCUT2D eigenvalue weighted by molar-refractivity contribution is 7.17. The van der Waals surface area contributed by atoms with Crippen LogP contribution in [-0.4, -0.2) is 0 Å². The van der Waals surface area contributed by atoms with Crippen LogP contribution in [0.15, 0.2) is 24.3 Å². The summed E-state index contributed by atoms with van der Waals surface area (Å²) in [5, 5.41) is 0. The Morgan fingerprint density at radius 3 is 2.73 bits per heavy atom. The number of para-hydroxylation sites is 1. The van der Waals surface area contributed by atoms with Crippen LogP contribution in [0.2, 0.25) is 0 Å². The van der Waals surface area contributed by atoms with E-state index in [4.69, 9.17) is 0 Å². The molecule has 58 valence electrons. The Bertz CT molecular complexity index is 253. The number of quaternary nitrogens is 1. The van der Waals surface area contributed by atoms with Crippen molar-refractivity contribution in [2.45, 2.75) is 0 Å². The van der Waals surface area contributed by atoms with Crippen molar-refractivity contribution in [3.63, 3.8) is 0 Å². The quantitative estimate of drug-likeness (QED) is 0.421. The number of benzene rings is 1. The van der Waals surface area contributed by atoms with Crippen LogP contribution in [0.3, 0.4) is 0 Å². The van der Waals surface area contributed by atoms with E-state index in [1.807, 2.05) is 6.07 Å². The predicted octanol–water partition coefficient (Wildman–Crippen LogP) is 1.08. The highest BCUT2D eigenvalue weighted by Gasteiger charge is 2.01. The SMILES string of the molecule is [NH3+]c1ccccc1OOP=O. The molecule has 1 aromatic carbocycles. The van der Waals surface area contributed by atoms with Crippen LogP contribution in [0.25, 0.3) is 0 Å². The third-order valence-corrected chi connectivity index (χ3v) is 1.27. The van der Waals surface area contributed by atoms with E-state index >= 15 is 0 Å². The minimum atomic E-state index is -0.508. The van der Waals surface area contributed by atoms with E-state index in [9.17, 15) is 4.57 Å². The van der Waals surface area contributed by atoms with Crippen LogP contribution >= 0.6 is 8.69 Å². The lowest BCUT2D eigenvalue weighted by atomic mass is 10.3. The third kappa shape index (κ3) is 2.27. The van der Waals surface area contributed by atoms with Crippen molar-refractivity contribution >= 4 is 14.4 Å². The summed E-state index contributed by atoms with van der Waals surface area (Å²) < 4.78 is 14.0. The predicted molar refractivity (Wildman–Crippen MR) is 38.3 cm³/mol. The minimum absolute atomic E-state index is 0.468. The lowest BCUT2D eigenvalue weighted by Crippen LogP contribution is -2.40. The third-order valence-electron chi connectivity index (χ3n) is 1.13. The van der Waals surface area contributed by atoms with Gasteiger partial charge in [-0.1, -0.05) is 16.8 Å². The molecule has 0 radical (unpaired) electrons. The Morgan fingerprint density at radius 1 is 1.36 bits per heavy atom. The zero-order chi connectivity index (χ0) is 8.10. The fourth-order valence-electron chi connectivity index (χ4n) is 0.640. The van der Waals surface area contributed by atoms with Crippen molar-refractivity contribution in [1.82, 2.24) is 0 Å². The first-order valence-electron chi connectivity index (χ1n) is 2.92. The van der Waals surface area contributed by atoms with Gasteiger partial charge in [0, 0.05) is 6.07 Å². The van der Waals surface area contributed by atoms with Crippen molar-refractivity contribution in [2.75, 3.05) is 0 Å². The molecule has 0 amide bonds. The van der Waals surface area contributed by atoms with Crippen LogP contribution in [0.5, 0.6) is 5.75 Å². The first-order valence-corrected chi connectivity index (χ1v) is 3.65. The van der Waals surface area contributed by atoms with E-state index in [1.165, 1.54) is 0 Å². The van der Waals surface area contributed by atoms with Crippen molar-refractivity contribution in [3.8, 4) is 5.75 Å². The fourth-order valence-corrected chi connectivity index (χ4v) is 0.751. The maximum atomic E-state index is 9.82. The van der Waals surface area contributed by atoms with Gasteiger partial charge < -0.3 is 10.6 Å². The highest BCUT2D eigenvalue weighted by atomic mass is 31.1. The Hall–Kier alpha value is -0.960. The van der Waals surface area contributed by atoms with Gasteiger partial charge in [0.2, 0.25) is 5.75 Å². The van der Waals surface area contributed by atoms with E-state index in [-0.39, 0.29) is 0 Å². The van der Waals surface area contributed by atoms with Crippen LogP contribution in [0.4, 0.5) is 5.69 Å². The second-order valence-corrected chi connectivity index (χ2v) is 2.14. The zero-order valence-corrected chi connectivity index (χ0v) is 6.58. The van der Waals surface area contributed by atoms with Crippen molar-refractivity contribution in [2.24, 2.45) is 0 Å². The molecule has 4 nitrogen and oxygen atoms in total. The maximum Gasteiger partial charge on any atom is 0.372 e. The summed E-state index contributed by atoms with van der Waals surface area (Å²) in [5.74, 6) is 0.468. The molecule has 1 aromatic rings. The molecular weight excluding hydrogens is 165 g/mol. The molecule has 0 saturated heterocycles. The molecule has 0 aliphatic carbocycles. The van der Waals surface area contributed by atoms with Crippen molar-refractivity contribution < 1.29 is 19.9 Å². The van der Waals surface area contributed by atoms with Gasteiger partial charge in [0.1, 0.15) is 0 Å². The van der Waals surface area contributed by atoms with Gasteiger partial charge >= 0.3 is 8.69 Å². The van der Waals surface area contributed by atoms with Crippen molar-refractivity contribution in [3.05, 3.63) is 24.3 Å². The molecule has 0 aliphatic rings. The van der Waals surface area contributed by atoms with E-state index in [0.29, 0.717) is 11.4 Å². The second kappa shape index (κ2) is 4.03. The molecule has 0 unspecified atom stereocenters. The summed E-state index contributed by atoms with van der Waals surface area (Å²) in [5.41, 5.74) is 4.35. The van der Waals surface area contributed by atoms with E-state index in [0.717, 1.165) is 0 Å². The monoisotopic (exact) mass is 172 g/mol. The van der Waals surface area contributed by atoms with Gasteiger partial charge in [-0.05, 0) is 6.07 Å². The number of rotatable bonds is 3. The molecule has 0 fully saturated rings. The van der Waals surface area contributed by atoms with Gasteiger partial charge in [0.05, 0.1) is 0 Å². The Kier molecular flexibility index (Phi) is 2.98. The van der Waals surface area contributed by atoms with Crippen molar-refractivity contribution in [1.29, 1.82) is 0 Å². The summed E-state index contributed by atoms with van der Waals surface area (Å²) in [6.45, 7) is 0. The first-order chi connectivity index (χ1) is 5.34. The average Bonchev–Trinajstić information content (AvgIpc) is 2.03. The molecule has 0 atom stereocenters. The minimum Gasteiger partial charge on any atom is -0.322 e. The van der Waals surface area contributed by atoms with E-state index in [1.54, 1.807) is 18.2 Å². The van der Waals surface area contributed by atoms with Gasteiger partial charge in [-0.2, -0.15) is 0 Å². The normalized spacial score (nSPS) is 9.91. The van der Waals surface area contributed by atoms with Crippen LogP contribution in [0.1, 0.15) is 0 Å². The molecule has 0 saturated carbocycles. The largest absolute Gasteiger partial charge is 0.372 e. The van der Waals surface area contributed by atoms with E-state index < -0.39 is 8.69 Å². The summed E-state index contributed by atoms with van der Waals surface area (Å²) in [4.78, 5) is 4.60. The Morgan fingerprint density at radius 2 is 2.09 bits per heavy atom. The molecule has 3 N–H and O–H groups in total. The molecule has 5 heteroatoms. The zero-order valence-electron chi connectivity index (χ0n) is 5.69. The number of hydrogen-bond acceptors (Lipinski definition) is 3. The maximum absolute atomic E-state index is 9.82. The van der Waals surface area contributed by atoms with Gasteiger partial charge in [-0.3, -0.25) is 0 Å². The Labute approximate surface area is 65.1 Å². The highest BCUT2D eigenvalue weighted by Crippen LogP contribution is 2.19. The smallest absolute Gasteiger partial charge is 0.322 e. The Balaban J connectivity index is 2.69. The summed E-state index contributed by atoms with van der Waals surface area (Å²) >= 11 is 0. The lowest BCUT2D eigenvalue weighted by molar-refractivity contribution is -0.260. The second-order valence-electron chi connectivity index (χ2n) is 1.84. The molecule has 0 spiro atoms. The number of hydrogen-bond donors (Lipinski definition) is 1. The summed E-state index contributed by atoms with van der Waals surface area (Å²) in [6.07, 6.45) is 0. The molecule has 1 rings (SSSR count). The molecule has 0 aromatic heterocycles. The molecular formula is C6H7NO3P+. The van der Waals surface area contributed by atoms with E-state index in [2.05, 4.69) is 15.3 Å². The topological polar surface area (TPSA) is 63.2 Å². The van der Waals surface area contributed by atoms with Gasteiger partial charge in [0.25, 0.3) is 0 Å². The summed E-state index contributed by atoms with van der Waals surface area (Å²) in [6, 6.07) is 7.03. The molecule has 0 heterocycles. The van der Waals surface area contributed by atoms with Crippen LogP contribution in [0, 0.1) is 0 Å². The standard InChI is InChI=1S/C6H6NO3P/c7-5-3-1-2-4-6(5)9-10-11-8/h1-4H,7H2/p+1. The van der Waals surface area contributed by atoms with Gasteiger partial charge in [-0.15, -0.1) is 0 Å². The molecule has 11 heavy (non-hydrogen) atoms.